The number of benzene rings is 1. The van der Waals surface area contributed by atoms with Gasteiger partial charge in [0.15, 0.2) is 0 Å². The second kappa shape index (κ2) is 5.18. The van der Waals surface area contributed by atoms with Crippen molar-refractivity contribution in [2.24, 2.45) is 0 Å². The zero-order chi connectivity index (χ0) is 10.8. The van der Waals surface area contributed by atoms with Gasteiger partial charge in [-0.1, -0.05) is 0 Å². The van der Waals surface area contributed by atoms with Gasteiger partial charge in [-0.2, -0.15) is 0 Å². The average molecular weight is 244 g/mol. The number of rotatable bonds is 1. The lowest BCUT2D eigenvalue weighted by Crippen LogP contribution is -2.20. The number of likely N-dealkylation sites (N-methyl/N-ethyl adjacent to an activating group) is 1. The molecular formula is C11H14ClNO3. The van der Waals surface area contributed by atoms with Crippen LogP contribution in [0.2, 0.25) is 0 Å². The minimum Gasteiger partial charge on any atom is -0.492 e. The summed E-state index contributed by atoms with van der Waals surface area (Å²) in [5, 5.41) is 8.87. The Balaban J connectivity index is 0.00000128. The first-order valence-corrected chi connectivity index (χ1v) is 4.84. The summed E-state index contributed by atoms with van der Waals surface area (Å²) in [6.07, 6.45) is 0. The van der Waals surface area contributed by atoms with Crippen LogP contribution in [0.15, 0.2) is 18.2 Å². The highest BCUT2D eigenvalue weighted by molar-refractivity contribution is 5.88. The van der Waals surface area contributed by atoms with Crippen molar-refractivity contribution >= 4 is 18.4 Å². The van der Waals surface area contributed by atoms with E-state index in [1.807, 2.05) is 7.05 Å². The van der Waals surface area contributed by atoms with Gasteiger partial charge >= 0.3 is 5.97 Å². The second-order valence-electron chi connectivity index (χ2n) is 3.71. The van der Waals surface area contributed by atoms with Crippen LogP contribution in [0, 0.1) is 0 Å². The summed E-state index contributed by atoms with van der Waals surface area (Å²) in [5.41, 5.74) is 1.25. The van der Waals surface area contributed by atoms with Gasteiger partial charge in [-0.3, -0.25) is 4.90 Å². The van der Waals surface area contributed by atoms with Gasteiger partial charge in [0.05, 0.1) is 5.56 Å². The van der Waals surface area contributed by atoms with Crippen LogP contribution in [0.4, 0.5) is 0 Å². The topological polar surface area (TPSA) is 49.8 Å². The molecule has 0 saturated carbocycles. The monoisotopic (exact) mass is 243 g/mol. The van der Waals surface area contributed by atoms with Crippen molar-refractivity contribution < 1.29 is 14.6 Å². The van der Waals surface area contributed by atoms with Gasteiger partial charge in [0.25, 0.3) is 0 Å². The number of nitrogens with zero attached hydrogens (tertiary/aromatic N) is 1. The molecule has 1 aliphatic rings. The number of hydrogen-bond acceptors (Lipinski definition) is 3. The van der Waals surface area contributed by atoms with Crippen molar-refractivity contribution in [3.05, 3.63) is 29.3 Å². The molecule has 4 nitrogen and oxygen atoms in total. The van der Waals surface area contributed by atoms with Crippen molar-refractivity contribution in [1.29, 1.82) is 0 Å². The van der Waals surface area contributed by atoms with Gasteiger partial charge in [0.2, 0.25) is 0 Å². The first kappa shape index (κ1) is 12.8. The van der Waals surface area contributed by atoms with Crippen LogP contribution in [0.1, 0.15) is 15.9 Å². The highest BCUT2D eigenvalue weighted by Crippen LogP contribution is 2.23. The number of ether oxygens (including phenoxy) is 1. The number of carboxylic acids is 1. The van der Waals surface area contributed by atoms with Crippen molar-refractivity contribution in [1.82, 2.24) is 4.90 Å². The molecule has 2 rings (SSSR count). The molecule has 5 heteroatoms. The minimum atomic E-state index is -0.898. The van der Waals surface area contributed by atoms with Gasteiger partial charge in [-0.25, -0.2) is 4.79 Å². The minimum absolute atomic E-state index is 0. The standard InChI is InChI=1S/C11H13NO3.ClH/c1-12-4-5-15-10-3-2-8(11(13)14)6-9(10)7-12;/h2-3,6H,4-5,7H2,1H3,(H,13,14);1H. The summed E-state index contributed by atoms with van der Waals surface area (Å²) < 4.78 is 5.52. The Kier molecular flexibility index (Phi) is 4.15. The first-order valence-electron chi connectivity index (χ1n) is 4.84. The number of halogens is 1. The molecule has 1 aromatic rings. The molecule has 0 radical (unpaired) electrons. The van der Waals surface area contributed by atoms with E-state index in [1.165, 1.54) is 0 Å². The summed E-state index contributed by atoms with van der Waals surface area (Å²) in [7, 11) is 1.99. The van der Waals surface area contributed by atoms with E-state index in [9.17, 15) is 4.79 Å². The SMILES string of the molecule is CN1CCOc2ccc(C(=O)O)cc2C1.Cl. The highest BCUT2D eigenvalue weighted by atomic mass is 35.5. The maximum atomic E-state index is 10.8. The number of hydrogen-bond donors (Lipinski definition) is 1. The van der Waals surface area contributed by atoms with Crippen molar-refractivity contribution in [2.75, 3.05) is 20.2 Å². The van der Waals surface area contributed by atoms with Crippen LogP contribution >= 0.6 is 12.4 Å². The third kappa shape index (κ3) is 2.65. The largest absolute Gasteiger partial charge is 0.492 e. The fraction of sp³-hybridized carbons (Fsp3) is 0.364. The van der Waals surface area contributed by atoms with E-state index in [4.69, 9.17) is 9.84 Å². The Bertz CT molecular complexity index is 395. The molecule has 0 atom stereocenters. The maximum Gasteiger partial charge on any atom is 0.335 e. The molecule has 1 N–H and O–H groups in total. The fourth-order valence-corrected chi connectivity index (χ4v) is 1.66. The summed E-state index contributed by atoms with van der Waals surface area (Å²) in [6.45, 7) is 2.24. The van der Waals surface area contributed by atoms with Crippen LogP contribution in [0.3, 0.4) is 0 Å². The van der Waals surface area contributed by atoms with Crippen LogP contribution in [-0.2, 0) is 6.54 Å². The normalized spacial score (nSPS) is 15.3. The summed E-state index contributed by atoms with van der Waals surface area (Å²) in [4.78, 5) is 12.9. The van der Waals surface area contributed by atoms with E-state index in [0.717, 1.165) is 24.4 Å². The van der Waals surface area contributed by atoms with E-state index < -0.39 is 5.97 Å². The first-order chi connectivity index (χ1) is 7.16. The molecule has 1 heterocycles. The molecule has 0 fully saturated rings. The Labute approximate surface area is 100 Å². The predicted molar refractivity (Wildman–Crippen MR) is 62.5 cm³/mol. The van der Waals surface area contributed by atoms with E-state index >= 15 is 0 Å². The second-order valence-corrected chi connectivity index (χ2v) is 3.71. The van der Waals surface area contributed by atoms with E-state index in [1.54, 1.807) is 18.2 Å². The molecule has 1 aliphatic heterocycles. The average Bonchev–Trinajstić information content (AvgIpc) is 2.37. The predicted octanol–water partition coefficient (Wildman–Crippen LogP) is 1.63. The summed E-state index contributed by atoms with van der Waals surface area (Å²) >= 11 is 0. The van der Waals surface area contributed by atoms with Crippen molar-refractivity contribution in [3.63, 3.8) is 0 Å². The van der Waals surface area contributed by atoms with Crippen LogP contribution < -0.4 is 4.74 Å². The number of fused-ring (bicyclic) bond motifs is 1. The molecule has 0 bridgehead atoms. The van der Waals surface area contributed by atoms with E-state index in [0.29, 0.717) is 12.2 Å². The molecule has 88 valence electrons. The van der Waals surface area contributed by atoms with Gasteiger partial charge in [-0.05, 0) is 25.2 Å². The molecule has 16 heavy (non-hydrogen) atoms. The molecule has 0 unspecified atom stereocenters. The van der Waals surface area contributed by atoms with Crippen LogP contribution in [0.25, 0.3) is 0 Å². The molecule has 1 aromatic carbocycles. The Morgan fingerprint density at radius 2 is 2.25 bits per heavy atom. The quantitative estimate of drug-likeness (QED) is 0.815. The van der Waals surface area contributed by atoms with Crippen molar-refractivity contribution in [3.8, 4) is 5.75 Å². The number of aromatic carboxylic acids is 1. The molecular weight excluding hydrogens is 230 g/mol. The zero-order valence-electron chi connectivity index (χ0n) is 8.97. The highest BCUT2D eigenvalue weighted by Gasteiger charge is 2.14. The number of carbonyl (C=O) groups is 1. The summed E-state index contributed by atoms with van der Waals surface area (Å²) in [5.74, 6) is -0.103. The summed E-state index contributed by atoms with van der Waals surface area (Å²) in [6, 6.07) is 4.99. The van der Waals surface area contributed by atoms with Crippen molar-refractivity contribution in [2.45, 2.75) is 6.54 Å². The van der Waals surface area contributed by atoms with E-state index in [2.05, 4.69) is 4.90 Å². The Hall–Kier alpha value is -1.26. The third-order valence-corrected chi connectivity index (χ3v) is 2.48. The molecule has 0 aromatic heterocycles. The molecule has 0 amide bonds. The van der Waals surface area contributed by atoms with Gasteiger partial charge in [-0.15, -0.1) is 12.4 Å². The Morgan fingerprint density at radius 3 is 2.94 bits per heavy atom. The molecule has 0 saturated heterocycles. The van der Waals surface area contributed by atoms with Gasteiger partial charge < -0.3 is 9.84 Å². The molecule has 0 aliphatic carbocycles. The van der Waals surface area contributed by atoms with Gasteiger partial charge in [0.1, 0.15) is 12.4 Å². The lowest BCUT2D eigenvalue weighted by molar-refractivity contribution is 0.0696. The van der Waals surface area contributed by atoms with E-state index in [-0.39, 0.29) is 12.4 Å². The fourth-order valence-electron chi connectivity index (χ4n) is 1.66. The third-order valence-electron chi connectivity index (χ3n) is 2.48. The van der Waals surface area contributed by atoms with Crippen LogP contribution in [0.5, 0.6) is 5.75 Å². The molecule has 0 spiro atoms. The smallest absolute Gasteiger partial charge is 0.335 e. The number of carboxylic acid groups (broad SMARTS) is 1. The lowest BCUT2D eigenvalue weighted by Gasteiger charge is -2.11. The Morgan fingerprint density at radius 1 is 1.50 bits per heavy atom. The maximum absolute atomic E-state index is 10.8. The van der Waals surface area contributed by atoms with Gasteiger partial charge in [0, 0.05) is 18.7 Å². The lowest BCUT2D eigenvalue weighted by atomic mass is 10.1. The van der Waals surface area contributed by atoms with Crippen LogP contribution in [-0.4, -0.2) is 36.2 Å². The zero-order valence-corrected chi connectivity index (χ0v) is 9.79.